The Bertz CT molecular complexity index is 3360. The number of benzene rings is 8. The maximum absolute atomic E-state index is 6.68. The predicted octanol–water partition coefficient (Wildman–Crippen LogP) is 15.4. The average Bonchev–Trinajstić information content (AvgIpc) is 3.92. The van der Waals surface area contributed by atoms with Gasteiger partial charge in [-0.25, -0.2) is 0 Å². The minimum atomic E-state index is -0.0944. The Kier molecular flexibility index (Phi) is 7.71. The second kappa shape index (κ2) is 13.3. The molecule has 0 spiro atoms. The topological polar surface area (TPSA) is 21.3 Å². The van der Waals surface area contributed by atoms with Crippen LogP contribution in [0.3, 0.4) is 0 Å². The summed E-state index contributed by atoms with van der Waals surface area (Å²) in [7, 11) is 0. The SMILES string of the molecule is CC1(C)c2ccccc2-c2ccc(N(C3=CCC(c4ccc5c(c4)c4c6oc7ccccc7c6ccc4n5-c4ccccc4)C=C3)c3ccc(-c4ccccc4)cc3)cc21. The van der Waals surface area contributed by atoms with E-state index >= 15 is 0 Å². The molecule has 2 aromatic heterocycles. The molecule has 3 nitrogen and oxygen atoms in total. The van der Waals surface area contributed by atoms with Crippen molar-refractivity contribution < 1.29 is 4.42 Å². The summed E-state index contributed by atoms with van der Waals surface area (Å²) in [6, 6.07) is 66.2. The van der Waals surface area contributed by atoms with Crippen LogP contribution in [0, 0.1) is 0 Å². The third-order valence-corrected chi connectivity index (χ3v) is 13.1. The van der Waals surface area contributed by atoms with Gasteiger partial charge in [0.05, 0.1) is 16.4 Å². The van der Waals surface area contributed by atoms with E-state index in [9.17, 15) is 0 Å². The van der Waals surface area contributed by atoms with Gasteiger partial charge in [0.15, 0.2) is 0 Å². The molecule has 60 heavy (non-hydrogen) atoms. The van der Waals surface area contributed by atoms with Gasteiger partial charge in [0.25, 0.3) is 0 Å². The molecule has 0 saturated carbocycles. The summed E-state index contributed by atoms with van der Waals surface area (Å²) < 4.78 is 9.06. The molecule has 0 fully saturated rings. The lowest BCUT2D eigenvalue weighted by Crippen LogP contribution is -2.19. The second-order valence-electron chi connectivity index (χ2n) is 16.9. The molecule has 2 aliphatic rings. The molecule has 0 N–H and O–H groups in total. The van der Waals surface area contributed by atoms with Crippen molar-refractivity contribution in [2.45, 2.75) is 31.6 Å². The number of hydrogen-bond donors (Lipinski definition) is 0. The van der Waals surface area contributed by atoms with Crippen LogP contribution in [0.5, 0.6) is 0 Å². The van der Waals surface area contributed by atoms with Gasteiger partial charge in [-0.15, -0.1) is 0 Å². The monoisotopic (exact) mass is 770 g/mol. The lowest BCUT2D eigenvalue weighted by molar-refractivity contribution is 0.660. The molecule has 3 heteroatoms. The van der Waals surface area contributed by atoms with Crippen LogP contribution >= 0.6 is 0 Å². The first kappa shape index (κ1) is 34.7. The van der Waals surface area contributed by atoms with E-state index in [0.29, 0.717) is 0 Å². The lowest BCUT2D eigenvalue weighted by Gasteiger charge is -2.31. The molecule has 0 bridgehead atoms. The van der Waals surface area contributed by atoms with Crippen molar-refractivity contribution in [2.24, 2.45) is 0 Å². The van der Waals surface area contributed by atoms with Crippen LogP contribution in [0.1, 0.15) is 42.9 Å². The first-order valence-corrected chi connectivity index (χ1v) is 21.0. The summed E-state index contributed by atoms with van der Waals surface area (Å²) in [5.41, 5.74) is 17.9. The zero-order valence-corrected chi connectivity index (χ0v) is 33.6. The van der Waals surface area contributed by atoms with Gasteiger partial charge >= 0.3 is 0 Å². The molecule has 2 heterocycles. The summed E-state index contributed by atoms with van der Waals surface area (Å²) in [6.45, 7) is 4.72. The first-order valence-electron chi connectivity index (χ1n) is 21.0. The summed E-state index contributed by atoms with van der Waals surface area (Å²) in [4.78, 5) is 2.44. The minimum absolute atomic E-state index is 0.0944. The minimum Gasteiger partial charge on any atom is -0.455 e. The van der Waals surface area contributed by atoms with Gasteiger partial charge in [-0.3, -0.25) is 0 Å². The third kappa shape index (κ3) is 5.29. The summed E-state index contributed by atoms with van der Waals surface area (Å²) in [5.74, 6) is 0.221. The fourth-order valence-corrected chi connectivity index (χ4v) is 10.1. The quantitative estimate of drug-likeness (QED) is 0.168. The molecule has 286 valence electrons. The third-order valence-electron chi connectivity index (χ3n) is 13.1. The van der Waals surface area contributed by atoms with Gasteiger partial charge in [-0.1, -0.05) is 141 Å². The molecule has 12 rings (SSSR count). The van der Waals surface area contributed by atoms with Crippen molar-refractivity contribution in [1.82, 2.24) is 4.57 Å². The van der Waals surface area contributed by atoms with E-state index in [1.54, 1.807) is 0 Å². The van der Waals surface area contributed by atoms with Gasteiger partial charge in [0.2, 0.25) is 0 Å². The number of nitrogens with zero attached hydrogens (tertiary/aromatic N) is 2. The summed E-state index contributed by atoms with van der Waals surface area (Å²) in [6.07, 6.45) is 8.05. The van der Waals surface area contributed by atoms with Gasteiger partial charge in [0, 0.05) is 50.3 Å². The molecular weight excluding hydrogens is 729 g/mol. The van der Waals surface area contributed by atoms with Crippen LogP contribution in [-0.2, 0) is 5.41 Å². The first-order chi connectivity index (χ1) is 29.5. The van der Waals surface area contributed by atoms with Crippen molar-refractivity contribution in [3.8, 4) is 27.9 Å². The number of para-hydroxylation sites is 2. The van der Waals surface area contributed by atoms with E-state index < -0.39 is 0 Å². The molecular formula is C57H42N2O. The fourth-order valence-electron chi connectivity index (χ4n) is 10.1. The molecule has 8 aromatic carbocycles. The lowest BCUT2D eigenvalue weighted by atomic mass is 9.82. The number of anilines is 2. The van der Waals surface area contributed by atoms with Crippen molar-refractivity contribution in [1.29, 1.82) is 0 Å². The van der Waals surface area contributed by atoms with Gasteiger partial charge in [-0.05, 0) is 118 Å². The number of fused-ring (bicyclic) bond motifs is 10. The van der Waals surface area contributed by atoms with E-state index in [0.717, 1.165) is 50.6 Å². The Labute approximate surface area is 349 Å². The molecule has 0 saturated heterocycles. The molecule has 0 radical (unpaired) electrons. The molecule has 0 aliphatic heterocycles. The highest BCUT2D eigenvalue weighted by Crippen LogP contribution is 2.51. The van der Waals surface area contributed by atoms with Gasteiger partial charge in [0.1, 0.15) is 11.2 Å². The van der Waals surface area contributed by atoms with Crippen molar-refractivity contribution in [2.75, 3.05) is 4.90 Å². The predicted molar refractivity (Wildman–Crippen MR) is 251 cm³/mol. The maximum Gasteiger partial charge on any atom is 0.145 e. The van der Waals surface area contributed by atoms with Crippen molar-refractivity contribution in [3.63, 3.8) is 0 Å². The Morgan fingerprint density at radius 3 is 2.08 bits per heavy atom. The highest BCUT2D eigenvalue weighted by Gasteiger charge is 2.36. The van der Waals surface area contributed by atoms with E-state index in [-0.39, 0.29) is 11.3 Å². The zero-order chi connectivity index (χ0) is 40.0. The number of furan rings is 1. The second-order valence-corrected chi connectivity index (χ2v) is 16.9. The molecule has 2 aliphatic carbocycles. The Hall–Kier alpha value is -7.36. The Morgan fingerprint density at radius 2 is 1.27 bits per heavy atom. The van der Waals surface area contributed by atoms with Gasteiger partial charge < -0.3 is 13.9 Å². The molecule has 1 unspecified atom stereocenters. The van der Waals surface area contributed by atoms with E-state index in [1.165, 1.54) is 61.2 Å². The van der Waals surface area contributed by atoms with Crippen molar-refractivity contribution >= 4 is 55.1 Å². The number of allylic oxidation sites excluding steroid dienone is 3. The number of aromatic nitrogens is 1. The number of rotatable bonds is 6. The molecule has 10 aromatic rings. The normalized spacial score (nSPS) is 15.4. The van der Waals surface area contributed by atoms with Crippen LogP contribution in [-0.4, -0.2) is 4.57 Å². The van der Waals surface area contributed by atoms with Crippen molar-refractivity contribution in [3.05, 3.63) is 223 Å². The summed E-state index contributed by atoms with van der Waals surface area (Å²) >= 11 is 0. The van der Waals surface area contributed by atoms with E-state index in [1.807, 2.05) is 0 Å². The Morgan fingerprint density at radius 1 is 0.567 bits per heavy atom. The largest absolute Gasteiger partial charge is 0.455 e. The van der Waals surface area contributed by atoms with Gasteiger partial charge in [-0.2, -0.15) is 0 Å². The van der Waals surface area contributed by atoms with Crippen LogP contribution in [0.4, 0.5) is 11.4 Å². The highest BCUT2D eigenvalue weighted by molar-refractivity contribution is 6.24. The standard InChI is InChI=1S/C57H42N2O/c1-57(2)50-19-11-9-17-45(50)46-31-30-44(36-51(46)57)58(42-26-21-38(22-27-42)37-13-5-3-6-14-37)43-28-23-39(24-29-43)40-25-33-52-49(35-40)55-53(59(52)41-15-7-4-8-16-41)34-32-48-47-18-10-12-20-54(47)60-56(48)55/h3-23,25-36,39H,24H2,1-2H3. The molecule has 0 amide bonds. The van der Waals surface area contributed by atoms with Crippen LogP contribution in [0.2, 0.25) is 0 Å². The van der Waals surface area contributed by atoms with E-state index in [4.69, 9.17) is 4.42 Å². The van der Waals surface area contributed by atoms with Crippen LogP contribution < -0.4 is 4.90 Å². The summed E-state index contributed by atoms with van der Waals surface area (Å²) in [5, 5.41) is 4.67. The smallest absolute Gasteiger partial charge is 0.145 e. The molecule has 1 atom stereocenters. The fraction of sp³-hybridized carbons (Fsp3) is 0.0877. The van der Waals surface area contributed by atoms with Crippen LogP contribution in [0.25, 0.3) is 71.7 Å². The highest BCUT2D eigenvalue weighted by atomic mass is 16.3. The maximum atomic E-state index is 6.68. The zero-order valence-electron chi connectivity index (χ0n) is 33.6. The number of hydrogen-bond acceptors (Lipinski definition) is 2. The van der Waals surface area contributed by atoms with Crippen LogP contribution in [0.15, 0.2) is 210 Å². The average molecular weight is 771 g/mol. The van der Waals surface area contributed by atoms with E-state index in [2.05, 4.69) is 224 Å². The Balaban J connectivity index is 0.956.